The fourth-order valence-corrected chi connectivity index (χ4v) is 2.91. The van der Waals surface area contributed by atoms with Crippen LogP contribution in [0.25, 0.3) is 0 Å². The predicted molar refractivity (Wildman–Crippen MR) is 78.6 cm³/mol. The maximum absolute atomic E-state index is 12.6. The summed E-state index contributed by atoms with van der Waals surface area (Å²) < 4.78 is 0. The molecular weight excluding hydrogens is 272 g/mol. The number of nitrogens with zero attached hydrogens (tertiary/aromatic N) is 2. The highest BCUT2D eigenvalue weighted by Gasteiger charge is 2.42. The summed E-state index contributed by atoms with van der Waals surface area (Å²) in [5.74, 6) is -2.14. The Hall–Kier alpha value is -1.59. The van der Waals surface area contributed by atoms with Gasteiger partial charge in [-0.05, 0) is 25.2 Å². The molecule has 120 valence electrons. The van der Waals surface area contributed by atoms with Crippen molar-refractivity contribution < 1.29 is 19.5 Å². The van der Waals surface area contributed by atoms with Gasteiger partial charge in [0.15, 0.2) is 0 Å². The minimum absolute atomic E-state index is 0.0247. The number of carboxylic acids is 1. The van der Waals surface area contributed by atoms with Crippen molar-refractivity contribution in [1.82, 2.24) is 9.80 Å². The molecule has 0 aromatic rings. The minimum Gasteiger partial charge on any atom is -0.481 e. The number of hydrogen-bond donors (Lipinski definition) is 1. The Morgan fingerprint density at radius 2 is 1.71 bits per heavy atom. The van der Waals surface area contributed by atoms with Gasteiger partial charge in [-0.1, -0.05) is 13.8 Å². The Morgan fingerprint density at radius 3 is 2.19 bits per heavy atom. The first kappa shape index (κ1) is 17.5. The highest BCUT2D eigenvalue weighted by atomic mass is 16.4. The zero-order chi connectivity index (χ0) is 16.2. The molecule has 1 N–H and O–H groups in total. The van der Waals surface area contributed by atoms with E-state index in [1.807, 2.05) is 13.8 Å². The van der Waals surface area contributed by atoms with Gasteiger partial charge in [0, 0.05) is 20.6 Å². The molecule has 1 rings (SSSR count). The van der Waals surface area contributed by atoms with Crippen LogP contribution in [0.15, 0.2) is 0 Å². The largest absolute Gasteiger partial charge is 0.481 e. The predicted octanol–water partition coefficient (Wildman–Crippen LogP) is 1.06. The molecule has 0 radical (unpaired) electrons. The third-order valence-electron chi connectivity index (χ3n) is 4.06. The normalized spacial score (nSPS) is 24.7. The van der Waals surface area contributed by atoms with Crippen LogP contribution in [0.4, 0.5) is 0 Å². The van der Waals surface area contributed by atoms with Crippen LogP contribution in [0, 0.1) is 17.8 Å². The number of aliphatic carboxylic acids is 1. The molecule has 1 saturated carbocycles. The second-order valence-corrected chi connectivity index (χ2v) is 6.18. The van der Waals surface area contributed by atoms with Crippen molar-refractivity contribution in [2.24, 2.45) is 17.8 Å². The van der Waals surface area contributed by atoms with Gasteiger partial charge in [0.1, 0.15) is 0 Å². The van der Waals surface area contributed by atoms with Gasteiger partial charge in [-0.15, -0.1) is 0 Å². The van der Waals surface area contributed by atoms with E-state index in [9.17, 15) is 19.5 Å². The Kier molecular flexibility index (Phi) is 6.18. The van der Waals surface area contributed by atoms with E-state index in [0.29, 0.717) is 19.4 Å². The number of amides is 2. The second-order valence-electron chi connectivity index (χ2n) is 6.18. The van der Waals surface area contributed by atoms with Gasteiger partial charge in [-0.2, -0.15) is 0 Å². The van der Waals surface area contributed by atoms with Crippen LogP contribution in [-0.4, -0.2) is 59.9 Å². The van der Waals surface area contributed by atoms with Crippen molar-refractivity contribution in [1.29, 1.82) is 0 Å². The molecule has 0 heterocycles. The summed E-state index contributed by atoms with van der Waals surface area (Å²) in [5, 5.41) is 9.29. The molecule has 21 heavy (non-hydrogen) atoms. The Balaban J connectivity index is 2.84. The molecule has 3 atom stereocenters. The van der Waals surface area contributed by atoms with Crippen LogP contribution in [0.5, 0.6) is 0 Å². The van der Waals surface area contributed by atoms with Gasteiger partial charge >= 0.3 is 5.97 Å². The van der Waals surface area contributed by atoms with Crippen LogP contribution in [-0.2, 0) is 14.4 Å². The van der Waals surface area contributed by atoms with E-state index in [4.69, 9.17) is 0 Å². The van der Waals surface area contributed by atoms with Crippen LogP contribution < -0.4 is 0 Å². The summed E-state index contributed by atoms with van der Waals surface area (Å²) in [6.45, 7) is 4.41. The molecule has 6 heteroatoms. The molecule has 0 aromatic carbocycles. The number of likely N-dealkylation sites (N-methyl/N-ethyl adjacent to an activating group) is 1. The first-order valence-electron chi connectivity index (χ1n) is 7.49. The topological polar surface area (TPSA) is 77.9 Å². The Labute approximate surface area is 126 Å². The van der Waals surface area contributed by atoms with Crippen LogP contribution in [0.2, 0.25) is 0 Å². The highest BCUT2D eigenvalue weighted by molar-refractivity contribution is 5.89. The number of carbonyl (C=O) groups excluding carboxylic acids is 2. The van der Waals surface area contributed by atoms with Crippen LogP contribution >= 0.6 is 0 Å². The standard InChI is InChI=1S/C15H26N2O4/c1-5-6-17(9-13(18)16(3)4)14(19)11-7-10(2)8-12(11)15(20)21/h10-12H,5-9H2,1-4H3,(H,20,21). The summed E-state index contributed by atoms with van der Waals surface area (Å²) in [6.07, 6.45) is 1.87. The number of carboxylic acid groups (broad SMARTS) is 1. The Morgan fingerprint density at radius 1 is 1.14 bits per heavy atom. The lowest BCUT2D eigenvalue weighted by Crippen LogP contribution is -2.44. The van der Waals surface area contributed by atoms with Crippen LogP contribution in [0.3, 0.4) is 0 Å². The van der Waals surface area contributed by atoms with Gasteiger partial charge in [-0.25, -0.2) is 0 Å². The summed E-state index contributed by atoms with van der Waals surface area (Å²) in [7, 11) is 3.29. The van der Waals surface area contributed by atoms with Crippen molar-refractivity contribution >= 4 is 17.8 Å². The molecule has 3 unspecified atom stereocenters. The van der Waals surface area contributed by atoms with E-state index >= 15 is 0 Å². The smallest absolute Gasteiger partial charge is 0.307 e. The van der Waals surface area contributed by atoms with E-state index in [-0.39, 0.29) is 24.3 Å². The van der Waals surface area contributed by atoms with Crippen molar-refractivity contribution in [3.05, 3.63) is 0 Å². The highest BCUT2D eigenvalue weighted by Crippen LogP contribution is 2.37. The third-order valence-corrected chi connectivity index (χ3v) is 4.06. The van der Waals surface area contributed by atoms with Crippen molar-refractivity contribution in [3.8, 4) is 0 Å². The first-order chi connectivity index (χ1) is 9.77. The van der Waals surface area contributed by atoms with Crippen molar-refractivity contribution in [2.75, 3.05) is 27.2 Å². The van der Waals surface area contributed by atoms with Crippen molar-refractivity contribution in [2.45, 2.75) is 33.1 Å². The molecule has 0 saturated heterocycles. The van der Waals surface area contributed by atoms with Crippen LogP contribution in [0.1, 0.15) is 33.1 Å². The van der Waals surface area contributed by atoms with Gasteiger partial charge in [0.25, 0.3) is 0 Å². The van der Waals surface area contributed by atoms with E-state index in [1.165, 1.54) is 9.80 Å². The van der Waals surface area contributed by atoms with E-state index < -0.39 is 17.8 Å². The molecule has 0 aromatic heterocycles. The summed E-state index contributed by atoms with van der Waals surface area (Å²) in [4.78, 5) is 38.8. The molecule has 2 amide bonds. The maximum Gasteiger partial charge on any atom is 0.307 e. The quantitative estimate of drug-likeness (QED) is 0.795. The molecule has 1 aliphatic rings. The molecule has 0 bridgehead atoms. The van der Waals surface area contributed by atoms with E-state index in [2.05, 4.69) is 0 Å². The Bertz CT molecular complexity index is 408. The van der Waals surface area contributed by atoms with E-state index in [1.54, 1.807) is 14.1 Å². The molecule has 6 nitrogen and oxygen atoms in total. The SMILES string of the molecule is CCCN(CC(=O)N(C)C)C(=O)C1CC(C)CC1C(=O)O. The molecule has 1 fully saturated rings. The number of carbonyl (C=O) groups is 3. The average molecular weight is 298 g/mol. The van der Waals surface area contributed by atoms with Gasteiger partial charge < -0.3 is 14.9 Å². The fourth-order valence-electron chi connectivity index (χ4n) is 2.91. The fraction of sp³-hybridized carbons (Fsp3) is 0.800. The second kappa shape index (κ2) is 7.43. The number of hydrogen-bond acceptors (Lipinski definition) is 3. The molecule has 0 spiro atoms. The maximum atomic E-state index is 12.6. The van der Waals surface area contributed by atoms with Gasteiger partial charge in [-0.3, -0.25) is 14.4 Å². The molecule has 1 aliphatic carbocycles. The lowest BCUT2D eigenvalue weighted by atomic mass is 9.94. The molecular formula is C15H26N2O4. The summed E-state index contributed by atoms with van der Waals surface area (Å²) in [5.41, 5.74) is 0. The number of rotatable bonds is 6. The lowest BCUT2D eigenvalue weighted by Gasteiger charge is -2.27. The minimum atomic E-state index is -0.909. The summed E-state index contributed by atoms with van der Waals surface area (Å²) in [6, 6.07) is 0. The van der Waals surface area contributed by atoms with Gasteiger partial charge in [0.2, 0.25) is 11.8 Å². The lowest BCUT2D eigenvalue weighted by molar-refractivity contribution is -0.150. The summed E-state index contributed by atoms with van der Waals surface area (Å²) >= 11 is 0. The van der Waals surface area contributed by atoms with Crippen molar-refractivity contribution in [3.63, 3.8) is 0 Å². The van der Waals surface area contributed by atoms with Gasteiger partial charge in [0.05, 0.1) is 18.4 Å². The molecule has 0 aliphatic heterocycles. The first-order valence-corrected chi connectivity index (χ1v) is 7.49. The third kappa shape index (κ3) is 4.44. The zero-order valence-corrected chi connectivity index (χ0v) is 13.3. The van der Waals surface area contributed by atoms with E-state index in [0.717, 1.165) is 6.42 Å². The zero-order valence-electron chi connectivity index (χ0n) is 13.3. The average Bonchev–Trinajstić information content (AvgIpc) is 2.79. The monoisotopic (exact) mass is 298 g/mol.